The van der Waals surface area contributed by atoms with Crippen molar-refractivity contribution in [3.8, 4) is 0 Å². The second-order valence-corrected chi connectivity index (χ2v) is 10.6. The summed E-state index contributed by atoms with van der Waals surface area (Å²) in [6.07, 6.45) is -3.02. The molecule has 6 N–H and O–H groups in total. The van der Waals surface area contributed by atoms with Crippen LogP contribution in [0.1, 0.15) is 17.4 Å². The van der Waals surface area contributed by atoms with Crippen LogP contribution in [0.5, 0.6) is 0 Å². The second kappa shape index (κ2) is 8.14. The molecule has 12 heteroatoms. The van der Waals surface area contributed by atoms with Crippen molar-refractivity contribution >= 4 is 54.7 Å². The highest BCUT2D eigenvalue weighted by Gasteiger charge is 2.45. The predicted octanol–water partition coefficient (Wildman–Crippen LogP) is 1.12. The minimum absolute atomic E-state index is 0.0271. The van der Waals surface area contributed by atoms with Crippen LogP contribution < -0.4 is 10.9 Å². The number of nitrogens with two attached hydrogens (primary N) is 2. The molecule has 1 aliphatic heterocycles. The van der Waals surface area contributed by atoms with Gasteiger partial charge in [-0.15, -0.1) is 0 Å². The smallest absolute Gasteiger partial charge is 0.238 e. The zero-order chi connectivity index (χ0) is 23.5. The number of nitrogen functional groups attached to an aromatic ring is 1. The molecule has 2 aromatic heterocycles. The van der Waals surface area contributed by atoms with Crippen LogP contribution in [0.4, 0.5) is 5.82 Å². The van der Waals surface area contributed by atoms with Crippen molar-refractivity contribution in [2.75, 3.05) is 5.73 Å². The van der Waals surface area contributed by atoms with Crippen molar-refractivity contribution in [3.05, 3.63) is 63.6 Å². The van der Waals surface area contributed by atoms with E-state index in [1.54, 1.807) is 24.3 Å². The van der Waals surface area contributed by atoms with Crippen LogP contribution in [0.2, 0.25) is 0 Å². The number of halogens is 1. The van der Waals surface area contributed by atoms with Crippen molar-refractivity contribution < 1.29 is 23.4 Å². The number of anilines is 1. The summed E-state index contributed by atoms with van der Waals surface area (Å²) in [4.78, 5) is 3.95. The Morgan fingerprint density at radius 2 is 1.91 bits per heavy atom. The molecular formula is C21H20IN5O5S. The third-order valence-corrected chi connectivity index (χ3v) is 7.74. The molecule has 2 aromatic carbocycles. The fraction of sp³-hybridized carbons (Fsp3) is 0.238. The molecule has 33 heavy (non-hydrogen) atoms. The lowest BCUT2D eigenvalue weighted by molar-refractivity contribution is 0.00437. The SMILES string of the molecule is Nc1ncnn2c([C@@H]3O[C@H](Cc4c(S(N)(=O)=O)ccc5ccccc45)[C@@H](O)[C@H]3O)cc(I)c12. The Hall–Kier alpha value is -2.36. The highest BCUT2D eigenvalue weighted by Crippen LogP contribution is 2.38. The first kappa shape index (κ1) is 22.4. The summed E-state index contributed by atoms with van der Waals surface area (Å²) in [5.41, 5.74) is 7.48. The third kappa shape index (κ3) is 3.76. The number of sulfonamides is 1. The van der Waals surface area contributed by atoms with Crippen LogP contribution in [0, 0.1) is 3.57 Å². The number of hydrogen-bond donors (Lipinski definition) is 4. The monoisotopic (exact) mass is 581 g/mol. The van der Waals surface area contributed by atoms with Gasteiger partial charge in [-0.1, -0.05) is 30.3 Å². The first-order chi connectivity index (χ1) is 15.7. The van der Waals surface area contributed by atoms with E-state index in [0.717, 1.165) is 8.96 Å². The van der Waals surface area contributed by atoms with Crippen molar-refractivity contribution in [2.45, 2.75) is 35.7 Å². The lowest BCUT2D eigenvalue weighted by Gasteiger charge is -2.18. The third-order valence-electron chi connectivity index (χ3n) is 5.93. The van der Waals surface area contributed by atoms with Gasteiger partial charge in [0.2, 0.25) is 10.0 Å². The fourth-order valence-corrected chi connectivity index (χ4v) is 6.02. The number of hydrogen-bond acceptors (Lipinski definition) is 8. The number of primary sulfonamides is 1. The summed E-state index contributed by atoms with van der Waals surface area (Å²) in [5.74, 6) is 0.277. The van der Waals surface area contributed by atoms with Crippen LogP contribution >= 0.6 is 22.6 Å². The number of ether oxygens (including phenoxy) is 1. The van der Waals surface area contributed by atoms with Crippen LogP contribution in [0.15, 0.2) is 53.7 Å². The average Bonchev–Trinajstić information content (AvgIpc) is 3.25. The molecule has 3 heterocycles. The molecule has 0 amide bonds. The van der Waals surface area contributed by atoms with E-state index in [1.807, 2.05) is 12.1 Å². The van der Waals surface area contributed by atoms with Crippen molar-refractivity contribution in [2.24, 2.45) is 5.14 Å². The van der Waals surface area contributed by atoms with Crippen LogP contribution in [0.3, 0.4) is 0 Å². The van der Waals surface area contributed by atoms with Gasteiger partial charge in [0, 0.05) is 9.99 Å². The van der Waals surface area contributed by atoms with Crippen LogP contribution in [0.25, 0.3) is 16.3 Å². The molecule has 1 saturated heterocycles. The van der Waals surface area contributed by atoms with Gasteiger partial charge in [0.1, 0.15) is 30.2 Å². The molecule has 1 aliphatic rings. The van der Waals surface area contributed by atoms with E-state index in [4.69, 9.17) is 15.6 Å². The van der Waals surface area contributed by atoms with Gasteiger partial charge in [-0.3, -0.25) is 0 Å². The average molecular weight is 581 g/mol. The van der Waals surface area contributed by atoms with E-state index in [1.165, 1.54) is 16.9 Å². The standard InChI is InChI=1S/C21H20IN5O5S/c22-13-8-14(27-17(13)21(23)25-9-26-27)20-19(29)18(28)15(32-20)7-12-11-4-2-1-3-10(11)5-6-16(12)33(24,30)31/h1-6,8-9,15,18-20,28-29H,7H2,(H2,23,25,26)(H2,24,30,31)/t15-,18-,19-,20+/m1/s1. The van der Waals surface area contributed by atoms with E-state index >= 15 is 0 Å². The Morgan fingerprint density at radius 1 is 1.15 bits per heavy atom. The Balaban J connectivity index is 1.56. The minimum Gasteiger partial charge on any atom is -0.388 e. The first-order valence-electron chi connectivity index (χ1n) is 9.99. The maximum absolute atomic E-state index is 12.3. The summed E-state index contributed by atoms with van der Waals surface area (Å²) in [5, 5.41) is 32.8. The summed E-state index contributed by atoms with van der Waals surface area (Å²) in [6.45, 7) is 0. The molecule has 4 aromatic rings. The molecule has 0 radical (unpaired) electrons. The van der Waals surface area contributed by atoms with Crippen LogP contribution in [-0.4, -0.2) is 51.5 Å². The number of rotatable bonds is 4. The first-order valence-corrected chi connectivity index (χ1v) is 12.6. The Kier molecular flexibility index (Phi) is 5.54. The molecule has 0 unspecified atom stereocenters. The van der Waals surface area contributed by atoms with E-state index in [0.29, 0.717) is 22.2 Å². The zero-order valence-electron chi connectivity index (χ0n) is 17.0. The van der Waals surface area contributed by atoms with Gasteiger partial charge in [0.05, 0.1) is 16.7 Å². The molecular weight excluding hydrogens is 561 g/mol. The topological polar surface area (TPSA) is 166 Å². The van der Waals surface area contributed by atoms with Crippen molar-refractivity contribution in [3.63, 3.8) is 0 Å². The highest BCUT2D eigenvalue weighted by molar-refractivity contribution is 14.1. The molecule has 172 valence electrons. The lowest BCUT2D eigenvalue weighted by atomic mass is 9.96. The van der Waals surface area contributed by atoms with Gasteiger partial charge in [-0.2, -0.15) is 5.10 Å². The highest BCUT2D eigenvalue weighted by atomic mass is 127. The van der Waals surface area contributed by atoms with Crippen molar-refractivity contribution in [1.82, 2.24) is 14.6 Å². The van der Waals surface area contributed by atoms with Crippen LogP contribution in [-0.2, 0) is 21.2 Å². The molecule has 0 spiro atoms. The van der Waals surface area contributed by atoms with E-state index in [2.05, 4.69) is 32.7 Å². The van der Waals surface area contributed by atoms with Gasteiger partial charge < -0.3 is 20.7 Å². The molecule has 5 rings (SSSR count). The Bertz CT molecular complexity index is 1490. The summed E-state index contributed by atoms with van der Waals surface area (Å²) in [7, 11) is -4.03. The maximum Gasteiger partial charge on any atom is 0.238 e. The number of aliphatic hydroxyl groups is 2. The summed E-state index contributed by atoms with van der Waals surface area (Å²) < 4.78 is 32.9. The largest absolute Gasteiger partial charge is 0.388 e. The number of aliphatic hydroxyl groups excluding tert-OH is 2. The number of nitrogens with zero attached hydrogens (tertiary/aromatic N) is 3. The van der Waals surface area contributed by atoms with Crippen molar-refractivity contribution in [1.29, 1.82) is 0 Å². The molecule has 4 atom stereocenters. The quantitative estimate of drug-likeness (QED) is 0.260. The van der Waals surface area contributed by atoms with E-state index < -0.39 is 34.4 Å². The predicted molar refractivity (Wildman–Crippen MR) is 129 cm³/mol. The normalized spacial score (nSPS) is 23.5. The van der Waals surface area contributed by atoms with Gasteiger partial charge in [0.15, 0.2) is 5.82 Å². The molecule has 0 aliphatic carbocycles. The number of fused-ring (bicyclic) bond motifs is 2. The summed E-state index contributed by atoms with van der Waals surface area (Å²) in [6, 6.07) is 12.2. The Morgan fingerprint density at radius 3 is 2.67 bits per heavy atom. The number of aromatic nitrogens is 3. The zero-order valence-corrected chi connectivity index (χ0v) is 20.0. The number of benzene rings is 2. The van der Waals surface area contributed by atoms with Gasteiger partial charge in [-0.25, -0.2) is 23.1 Å². The minimum atomic E-state index is -4.03. The summed E-state index contributed by atoms with van der Waals surface area (Å²) >= 11 is 2.09. The molecule has 1 fully saturated rings. The second-order valence-electron chi connectivity index (χ2n) is 7.91. The maximum atomic E-state index is 12.3. The van der Waals surface area contributed by atoms with Gasteiger partial charge >= 0.3 is 0 Å². The van der Waals surface area contributed by atoms with E-state index in [-0.39, 0.29) is 17.1 Å². The van der Waals surface area contributed by atoms with E-state index in [9.17, 15) is 18.6 Å². The Labute approximate surface area is 202 Å². The van der Waals surface area contributed by atoms with Gasteiger partial charge in [-0.05, 0) is 51.1 Å². The fourth-order valence-electron chi connectivity index (χ4n) is 4.40. The molecule has 0 bridgehead atoms. The van der Waals surface area contributed by atoms with Gasteiger partial charge in [0.25, 0.3) is 0 Å². The molecule has 10 nitrogen and oxygen atoms in total. The lowest BCUT2D eigenvalue weighted by Crippen LogP contribution is -2.32. The molecule has 0 saturated carbocycles.